The highest BCUT2D eigenvalue weighted by molar-refractivity contribution is 7.89. The summed E-state index contributed by atoms with van der Waals surface area (Å²) in [7, 11) is -1.92. The molecule has 0 fully saturated rings. The van der Waals surface area contributed by atoms with Gasteiger partial charge in [-0.1, -0.05) is 35.9 Å². The lowest BCUT2D eigenvalue weighted by atomic mass is 10.1. The number of sulfonamides is 1. The van der Waals surface area contributed by atoms with Crippen molar-refractivity contribution in [2.45, 2.75) is 18.0 Å². The minimum Gasteiger partial charge on any atom is -0.380 e. The number of methoxy groups -OCH3 is 1. The van der Waals surface area contributed by atoms with Gasteiger partial charge in [0, 0.05) is 18.7 Å². The van der Waals surface area contributed by atoms with E-state index < -0.39 is 10.0 Å². The van der Waals surface area contributed by atoms with Gasteiger partial charge in [0.2, 0.25) is 10.0 Å². The zero-order valence-corrected chi connectivity index (χ0v) is 13.1. The van der Waals surface area contributed by atoms with Crippen molar-refractivity contribution < 1.29 is 13.2 Å². The zero-order chi connectivity index (χ0) is 15.3. The maximum absolute atomic E-state index is 12.1. The largest absolute Gasteiger partial charge is 0.380 e. The molecule has 2 aromatic carbocycles. The van der Waals surface area contributed by atoms with Gasteiger partial charge in [-0.15, -0.1) is 0 Å². The van der Waals surface area contributed by atoms with E-state index in [9.17, 15) is 8.42 Å². The Labute approximate surface area is 129 Å². The maximum atomic E-state index is 12.1. The highest BCUT2D eigenvalue weighted by Gasteiger charge is 2.13. The van der Waals surface area contributed by atoms with Crippen LogP contribution in [0.3, 0.4) is 0 Å². The molecule has 0 aliphatic rings. The van der Waals surface area contributed by atoms with Gasteiger partial charge in [0.05, 0.1) is 11.5 Å². The molecule has 0 atom stereocenters. The van der Waals surface area contributed by atoms with E-state index in [0.717, 1.165) is 11.1 Å². The second-order valence-electron chi connectivity index (χ2n) is 4.53. The van der Waals surface area contributed by atoms with Crippen molar-refractivity contribution in [1.29, 1.82) is 0 Å². The Morgan fingerprint density at radius 3 is 2.43 bits per heavy atom. The third kappa shape index (κ3) is 4.54. The van der Waals surface area contributed by atoms with Crippen molar-refractivity contribution in [3.8, 4) is 0 Å². The number of ether oxygens (including phenoxy) is 1. The van der Waals surface area contributed by atoms with Crippen molar-refractivity contribution in [1.82, 2.24) is 4.72 Å². The summed E-state index contributed by atoms with van der Waals surface area (Å²) in [5, 5.41) is 0.501. The van der Waals surface area contributed by atoms with E-state index in [-0.39, 0.29) is 11.4 Å². The van der Waals surface area contributed by atoms with Gasteiger partial charge in [-0.25, -0.2) is 13.1 Å². The number of hydrogen-bond donors (Lipinski definition) is 1. The van der Waals surface area contributed by atoms with Crippen LogP contribution in [-0.4, -0.2) is 15.5 Å². The summed E-state index contributed by atoms with van der Waals surface area (Å²) in [5.41, 5.74) is 1.88. The molecule has 2 aromatic rings. The van der Waals surface area contributed by atoms with Crippen LogP contribution in [0.1, 0.15) is 11.1 Å². The van der Waals surface area contributed by atoms with Gasteiger partial charge in [0.25, 0.3) is 0 Å². The van der Waals surface area contributed by atoms with Crippen LogP contribution in [0.25, 0.3) is 0 Å². The van der Waals surface area contributed by atoms with Crippen molar-refractivity contribution in [3.05, 3.63) is 64.7 Å². The van der Waals surface area contributed by atoms with Crippen LogP contribution >= 0.6 is 11.6 Å². The highest BCUT2D eigenvalue weighted by atomic mass is 35.5. The molecule has 21 heavy (non-hydrogen) atoms. The summed E-state index contributed by atoms with van der Waals surface area (Å²) in [6.45, 7) is 0.723. The first-order chi connectivity index (χ1) is 10.0. The summed E-state index contributed by atoms with van der Waals surface area (Å²) >= 11 is 5.75. The molecule has 4 nitrogen and oxygen atoms in total. The standard InChI is InChI=1S/C15H16ClNO3S/c1-20-11-13-4-2-3-12(9-13)10-17-21(18,19)15-7-5-14(16)6-8-15/h2-9,17H,10-11H2,1H3. The normalized spacial score (nSPS) is 11.5. The summed E-state index contributed by atoms with van der Waals surface area (Å²) < 4.78 is 31.9. The third-order valence-corrected chi connectivity index (χ3v) is 4.56. The fourth-order valence-electron chi connectivity index (χ4n) is 1.87. The molecule has 112 valence electrons. The van der Waals surface area contributed by atoms with E-state index >= 15 is 0 Å². The van der Waals surface area contributed by atoms with Crippen molar-refractivity contribution in [2.75, 3.05) is 7.11 Å². The fourth-order valence-corrected chi connectivity index (χ4v) is 3.02. The first-order valence-corrected chi connectivity index (χ1v) is 8.19. The Balaban J connectivity index is 2.08. The molecular formula is C15H16ClNO3S. The van der Waals surface area contributed by atoms with Gasteiger partial charge in [-0.05, 0) is 35.4 Å². The third-order valence-electron chi connectivity index (χ3n) is 2.89. The molecule has 0 spiro atoms. The number of halogens is 1. The average molecular weight is 326 g/mol. The number of benzene rings is 2. The quantitative estimate of drug-likeness (QED) is 0.888. The lowest BCUT2D eigenvalue weighted by molar-refractivity contribution is 0.185. The van der Waals surface area contributed by atoms with Gasteiger partial charge in [-0.3, -0.25) is 0 Å². The zero-order valence-electron chi connectivity index (χ0n) is 11.5. The minimum atomic E-state index is -3.54. The molecule has 0 radical (unpaired) electrons. The molecule has 6 heteroatoms. The summed E-state index contributed by atoms with van der Waals surface area (Å²) in [6.07, 6.45) is 0. The molecule has 0 aliphatic carbocycles. The minimum absolute atomic E-state index is 0.194. The molecule has 0 saturated carbocycles. The molecule has 1 N–H and O–H groups in total. The summed E-state index contributed by atoms with van der Waals surface area (Å²) in [5.74, 6) is 0. The monoisotopic (exact) mass is 325 g/mol. The van der Waals surface area contributed by atoms with Crippen molar-refractivity contribution >= 4 is 21.6 Å². The molecule has 0 amide bonds. The molecule has 2 rings (SSSR count). The summed E-state index contributed by atoms with van der Waals surface area (Å²) in [6, 6.07) is 13.6. The molecule has 0 unspecified atom stereocenters. The van der Waals surface area contributed by atoms with Gasteiger partial charge in [0.15, 0.2) is 0 Å². The van der Waals surface area contributed by atoms with Crippen LogP contribution in [0.4, 0.5) is 0 Å². The second-order valence-corrected chi connectivity index (χ2v) is 6.73. The average Bonchev–Trinajstić information content (AvgIpc) is 2.47. The highest BCUT2D eigenvalue weighted by Crippen LogP contribution is 2.14. The lowest BCUT2D eigenvalue weighted by Crippen LogP contribution is -2.23. The molecule has 0 aromatic heterocycles. The van der Waals surface area contributed by atoms with Gasteiger partial charge < -0.3 is 4.74 Å². The van der Waals surface area contributed by atoms with E-state index in [4.69, 9.17) is 16.3 Å². The van der Waals surface area contributed by atoms with E-state index in [1.165, 1.54) is 12.1 Å². The van der Waals surface area contributed by atoms with Crippen LogP contribution < -0.4 is 4.72 Å². The van der Waals surface area contributed by atoms with E-state index in [1.54, 1.807) is 19.2 Å². The van der Waals surface area contributed by atoms with E-state index in [1.807, 2.05) is 24.3 Å². The Hall–Kier alpha value is -1.40. The van der Waals surface area contributed by atoms with Crippen LogP contribution in [0.15, 0.2) is 53.4 Å². The SMILES string of the molecule is COCc1cccc(CNS(=O)(=O)c2ccc(Cl)cc2)c1. The Bertz CT molecular complexity index is 699. The Kier molecular flexibility index (Phi) is 5.36. The Morgan fingerprint density at radius 1 is 1.10 bits per heavy atom. The topological polar surface area (TPSA) is 55.4 Å². The maximum Gasteiger partial charge on any atom is 0.240 e. The first kappa shape index (κ1) is 16.0. The second kappa shape index (κ2) is 7.04. The summed E-state index contributed by atoms with van der Waals surface area (Å²) in [4.78, 5) is 0.194. The molecule has 0 aliphatic heterocycles. The van der Waals surface area contributed by atoms with Gasteiger partial charge in [0.1, 0.15) is 0 Å². The number of nitrogens with one attached hydrogen (secondary N) is 1. The van der Waals surface area contributed by atoms with Gasteiger partial charge in [-0.2, -0.15) is 0 Å². The number of rotatable bonds is 6. The molecule has 0 heterocycles. The van der Waals surface area contributed by atoms with Gasteiger partial charge >= 0.3 is 0 Å². The molecular weight excluding hydrogens is 310 g/mol. The number of hydrogen-bond acceptors (Lipinski definition) is 3. The molecule has 0 bridgehead atoms. The smallest absolute Gasteiger partial charge is 0.240 e. The van der Waals surface area contributed by atoms with Crippen LogP contribution in [0.2, 0.25) is 5.02 Å². The predicted octanol–water partition coefficient (Wildman–Crippen LogP) is 2.96. The van der Waals surface area contributed by atoms with E-state index in [0.29, 0.717) is 11.6 Å². The fraction of sp³-hybridized carbons (Fsp3) is 0.200. The van der Waals surface area contributed by atoms with E-state index in [2.05, 4.69) is 4.72 Å². The first-order valence-electron chi connectivity index (χ1n) is 6.33. The lowest BCUT2D eigenvalue weighted by Gasteiger charge is -2.08. The van der Waals surface area contributed by atoms with Crippen LogP contribution in [-0.2, 0) is 27.9 Å². The Morgan fingerprint density at radius 2 is 1.76 bits per heavy atom. The molecule has 0 saturated heterocycles. The predicted molar refractivity (Wildman–Crippen MR) is 82.6 cm³/mol. The van der Waals surface area contributed by atoms with Crippen LogP contribution in [0, 0.1) is 0 Å². The van der Waals surface area contributed by atoms with Crippen LogP contribution in [0.5, 0.6) is 0 Å². The van der Waals surface area contributed by atoms with Crippen molar-refractivity contribution in [3.63, 3.8) is 0 Å². The van der Waals surface area contributed by atoms with Crippen molar-refractivity contribution in [2.24, 2.45) is 0 Å².